The molecule has 6 nitrogen and oxygen atoms in total. The van der Waals surface area contributed by atoms with Crippen LogP contribution in [0, 0.1) is 5.92 Å². The van der Waals surface area contributed by atoms with Gasteiger partial charge in [-0.15, -0.1) is 0 Å². The molecule has 0 unspecified atom stereocenters. The van der Waals surface area contributed by atoms with Crippen molar-refractivity contribution < 1.29 is 18.3 Å². The fourth-order valence-corrected chi connectivity index (χ4v) is 3.31. The monoisotopic (exact) mass is 352 g/mol. The second kappa shape index (κ2) is 6.07. The van der Waals surface area contributed by atoms with Gasteiger partial charge in [0.05, 0.1) is 25.9 Å². The third-order valence-corrected chi connectivity index (χ3v) is 5.05. The van der Waals surface area contributed by atoms with Crippen LogP contribution in [0.25, 0.3) is 0 Å². The van der Waals surface area contributed by atoms with E-state index in [1.807, 2.05) is 6.92 Å². The number of amides is 1. The Morgan fingerprint density at radius 3 is 2.72 bits per heavy atom. The van der Waals surface area contributed by atoms with Gasteiger partial charge < -0.3 is 14.5 Å². The molecule has 3 aliphatic rings. The molecular weight excluding hydrogens is 330 g/mol. The van der Waals surface area contributed by atoms with Gasteiger partial charge in [0.15, 0.2) is 11.5 Å². The van der Waals surface area contributed by atoms with Gasteiger partial charge in [0.1, 0.15) is 0 Å². The van der Waals surface area contributed by atoms with Crippen molar-refractivity contribution in [1.29, 1.82) is 0 Å². The van der Waals surface area contributed by atoms with Gasteiger partial charge in [-0.2, -0.15) is 0 Å². The summed E-state index contributed by atoms with van der Waals surface area (Å²) < 4.78 is 32.1. The normalized spacial score (nSPS) is 25.0. The molecule has 0 N–H and O–H groups in total. The molecule has 8 heteroatoms. The predicted molar refractivity (Wildman–Crippen MR) is 87.1 cm³/mol. The Morgan fingerprint density at radius 2 is 2.12 bits per heavy atom. The number of rotatable bonds is 5. The molecule has 3 fully saturated rings. The van der Waals surface area contributed by atoms with Crippen LogP contribution in [0.2, 0.25) is 0 Å². The summed E-state index contributed by atoms with van der Waals surface area (Å²) in [6.45, 7) is 2.43. The number of nitrogens with zero attached hydrogens (tertiary/aromatic N) is 4. The molecule has 1 saturated carbocycles. The molecule has 1 amide bonds. The third kappa shape index (κ3) is 3.39. The smallest absolute Gasteiger partial charge is 0.282 e. The molecule has 1 aromatic rings. The Labute approximate surface area is 145 Å². The van der Waals surface area contributed by atoms with Crippen LogP contribution in [0.1, 0.15) is 43.1 Å². The van der Waals surface area contributed by atoms with E-state index in [4.69, 9.17) is 4.74 Å². The number of hydrogen-bond acceptors (Lipinski definition) is 5. The quantitative estimate of drug-likeness (QED) is 0.814. The van der Waals surface area contributed by atoms with Crippen LogP contribution >= 0.6 is 0 Å². The summed E-state index contributed by atoms with van der Waals surface area (Å²) >= 11 is 0. The minimum Gasteiger partial charge on any atom is -0.475 e. The van der Waals surface area contributed by atoms with Gasteiger partial charge in [-0.05, 0) is 38.5 Å². The fourth-order valence-electron chi connectivity index (χ4n) is 3.31. The van der Waals surface area contributed by atoms with E-state index in [2.05, 4.69) is 9.97 Å². The second-order valence-electron chi connectivity index (χ2n) is 7.34. The van der Waals surface area contributed by atoms with Gasteiger partial charge in [0.2, 0.25) is 0 Å². The minimum atomic E-state index is -2.70. The molecule has 2 saturated heterocycles. The zero-order valence-electron chi connectivity index (χ0n) is 14.3. The van der Waals surface area contributed by atoms with Crippen molar-refractivity contribution in [3.05, 3.63) is 11.9 Å². The highest BCUT2D eigenvalue weighted by molar-refractivity contribution is 5.92. The van der Waals surface area contributed by atoms with Crippen LogP contribution in [0.5, 0.6) is 5.88 Å². The summed E-state index contributed by atoms with van der Waals surface area (Å²) in [5.41, 5.74) is 0.218. The number of aromatic nitrogens is 2. The Bertz CT molecular complexity index is 673. The van der Waals surface area contributed by atoms with E-state index in [0.29, 0.717) is 24.9 Å². The van der Waals surface area contributed by atoms with Gasteiger partial charge in [-0.1, -0.05) is 0 Å². The summed E-state index contributed by atoms with van der Waals surface area (Å²) in [5.74, 6) is -1.88. The van der Waals surface area contributed by atoms with Crippen LogP contribution in [-0.4, -0.2) is 59.0 Å². The van der Waals surface area contributed by atoms with Crippen molar-refractivity contribution in [2.45, 2.75) is 44.6 Å². The maximum absolute atomic E-state index is 13.2. The lowest BCUT2D eigenvalue weighted by Gasteiger charge is -2.39. The molecule has 0 bridgehead atoms. The molecule has 4 rings (SSSR count). The summed E-state index contributed by atoms with van der Waals surface area (Å²) in [7, 11) is 0. The highest BCUT2D eigenvalue weighted by atomic mass is 19.3. The molecule has 25 heavy (non-hydrogen) atoms. The molecule has 2 aliphatic heterocycles. The minimum absolute atomic E-state index is 0.172. The van der Waals surface area contributed by atoms with E-state index < -0.39 is 19.0 Å². The van der Waals surface area contributed by atoms with Crippen LogP contribution in [-0.2, 0) is 0 Å². The number of carbonyl (C=O) groups is 1. The van der Waals surface area contributed by atoms with Crippen LogP contribution in [0.4, 0.5) is 14.6 Å². The maximum atomic E-state index is 13.2. The van der Waals surface area contributed by atoms with Crippen LogP contribution in [0.15, 0.2) is 6.20 Å². The van der Waals surface area contributed by atoms with E-state index in [1.165, 1.54) is 11.1 Å². The van der Waals surface area contributed by atoms with Gasteiger partial charge in [0.25, 0.3) is 17.7 Å². The molecule has 1 aliphatic carbocycles. The first-order chi connectivity index (χ1) is 11.9. The van der Waals surface area contributed by atoms with Crippen molar-refractivity contribution in [1.82, 2.24) is 14.9 Å². The SMILES string of the molecule is C[C@@H]1CCCN1C(=O)c1cnc(N2CC(F)(F)C2)c(OCC2CC2)n1. The van der Waals surface area contributed by atoms with Gasteiger partial charge >= 0.3 is 0 Å². The van der Waals surface area contributed by atoms with E-state index in [-0.39, 0.29) is 23.5 Å². The van der Waals surface area contributed by atoms with Gasteiger partial charge in [0, 0.05) is 12.6 Å². The number of ether oxygens (including phenoxy) is 1. The molecule has 1 aromatic heterocycles. The topological polar surface area (TPSA) is 58.6 Å². The van der Waals surface area contributed by atoms with E-state index >= 15 is 0 Å². The van der Waals surface area contributed by atoms with Gasteiger partial charge in [-0.3, -0.25) is 4.79 Å². The summed E-state index contributed by atoms with van der Waals surface area (Å²) in [4.78, 5) is 24.5. The fraction of sp³-hybridized carbons (Fsp3) is 0.706. The lowest BCUT2D eigenvalue weighted by atomic mass is 10.1. The number of carbonyl (C=O) groups excluding carboxylic acids is 1. The number of alkyl halides is 2. The highest BCUT2D eigenvalue weighted by Crippen LogP contribution is 2.36. The maximum Gasteiger partial charge on any atom is 0.282 e. The van der Waals surface area contributed by atoms with Crippen LogP contribution < -0.4 is 9.64 Å². The van der Waals surface area contributed by atoms with Crippen molar-refractivity contribution >= 4 is 11.7 Å². The number of halogens is 2. The molecular formula is C17H22F2N4O2. The standard InChI is InChI=1S/C17H22F2N4O2/c1-11-3-2-6-23(11)16(24)13-7-20-14(22-9-17(18,19)10-22)15(21-13)25-8-12-4-5-12/h7,11-12H,2-6,8-10H2,1H3/t11-/m1/s1. The average molecular weight is 352 g/mol. The van der Waals surface area contributed by atoms with Crippen molar-refractivity contribution in [3.63, 3.8) is 0 Å². The van der Waals surface area contributed by atoms with Gasteiger partial charge in [-0.25, -0.2) is 18.7 Å². The summed E-state index contributed by atoms with van der Waals surface area (Å²) in [6.07, 6.45) is 5.55. The Balaban J connectivity index is 1.56. The molecule has 0 aromatic carbocycles. The molecule has 0 spiro atoms. The zero-order valence-corrected chi connectivity index (χ0v) is 14.3. The lowest BCUT2D eigenvalue weighted by Crippen LogP contribution is -2.56. The second-order valence-corrected chi connectivity index (χ2v) is 7.34. The number of anilines is 1. The first kappa shape index (κ1) is 16.5. The number of likely N-dealkylation sites (tertiary alicyclic amines) is 1. The molecule has 1 atom stereocenters. The molecule has 3 heterocycles. The first-order valence-electron chi connectivity index (χ1n) is 8.86. The average Bonchev–Trinajstić information content (AvgIpc) is 3.29. The van der Waals surface area contributed by atoms with Crippen molar-refractivity contribution in [2.24, 2.45) is 5.92 Å². The predicted octanol–water partition coefficient (Wildman–Crippen LogP) is 2.35. The Morgan fingerprint density at radius 1 is 1.36 bits per heavy atom. The first-order valence-corrected chi connectivity index (χ1v) is 8.86. The summed E-state index contributed by atoms with van der Waals surface area (Å²) in [5, 5.41) is 0. The zero-order chi connectivity index (χ0) is 17.6. The van der Waals surface area contributed by atoms with E-state index in [9.17, 15) is 13.6 Å². The Hall–Kier alpha value is -1.99. The van der Waals surface area contributed by atoms with Crippen molar-refractivity contribution in [2.75, 3.05) is 31.1 Å². The highest BCUT2D eigenvalue weighted by Gasteiger charge is 2.46. The lowest BCUT2D eigenvalue weighted by molar-refractivity contribution is -0.0270. The van der Waals surface area contributed by atoms with E-state index in [1.54, 1.807) is 4.90 Å². The molecule has 136 valence electrons. The largest absolute Gasteiger partial charge is 0.475 e. The van der Waals surface area contributed by atoms with Crippen molar-refractivity contribution in [3.8, 4) is 5.88 Å². The molecule has 0 radical (unpaired) electrons. The Kier molecular flexibility index (Phi) is 4.00. The third-order valence-electron chi connectivity index (χ3n) is 5.05. The van der Waals surface area contributed by atoms with E-state index in [0.717, 1.165) is 25.7 Å². The summed E-state index contributed by atoms with van der Waals surface area (Å²) in [6, 6.07) is 0.180. The van der Waals surface area contributed by atoms with Crippen LogP contribution in [0.3, 0.4) is 0 Å². The number of hydrogen-bond donors (Lipinski definition) is 0.